The van der Waals surface area contributed by atoms with Gasteiger partial charge in [-0.1, -0.05) is 30.3 Å². The minimum absolute atomic E-state index is 0.108. The van der Waals surface area contributed by atoms with Crippen molar-refractivity contribution in [2.75, 3.05) is 12.5 Å². The molecule has 0 amide bonds. The van der Waals surface area contributed by atoms with Gasteiger partial charge in [0.2, 0.25) is 0 Å². The minimum atomic E-state index is 0.108. The predicted octanol–water partition coefficient (Wildman–Crippen LogP) is 2.44. The Kier molecular flexibility index (Phi) is 4.79. The summed E-state index contributed by atoms with van der Waals surface area (Å²) in [6.07, 6.45) is 5.13. The number of nitrogens with zero attached hydrogens (tertiary/aromatic N) is 2. The molecule has 0 fully saturated rings. The molecule has 1 heterocycles. The largest absolute Gasteiger partial charge is 0.396 e. The Hall–Kier alpha value is -1.32. The smallest absolute Gasteiger partial charge is 0.111 e. The van der Waals surface area contributed by atoms with Gasteiger partial charge in [-0.25, -0.2) is 4.98 Å². The molecule has 2 rings (SSSR count). The van der Waals surface area contributed by atoms with E-state index in [2.05, 4.69) is 21.7 Å². The molecule has 0 unspecified atom stereocenters. The molecule has 0 spiro atoms. The normalized spacial score (nSPS) is 12.6. The van der Waals surface area contributed by atoms with Crippen molar-refractivity contribution in [3.05, 3.63) is 54.1 Å². The summed E-state index contributed by atoms with van der Waals surface area (Å²) in [4.78, 5) is 4.26. The number of aromatic nitrogens is 2. The molecule has 0 saturated carbocycles. The van der Waals surface area contributed by atoms with Gasteiger partial charge in [0.15, 0.2) is 0 Å². The SMILES string of the molecule is OCCc1nccn1[C@H](CCl)Cc1ccccc1. The summed E-state index contributed by atoms with van der Waals surface area (Å²) in [6.45, 7) is 0.108. The molecule has 1 atom stereocenters. The van der Waals surface area contributed by atoms with Crippen LogP contribution in [-0.2, 0) is 12.8 Å². The number of imidazole rings is 1. The number of hydrogen-bond acceptors (Lipinski definition) is 2. The van der Waals surface area contributed by atoms with Crippen molar-refractivity contribution in [2.24, 2.45) is 0 Å². The molecule has 0 aliphatic carbocycles. The van der Waals surface area contributed by atoms with E-state index in [-0.39, 0.29) is 12.6 Å². The maximum absolute atomic E-state index is 9.02. The number of alkyl halides is 1. The Labute approximate surface area is 112 Å². The first-order valence-corrected chi connectivity index (χ1v) is 6.61. The van der Waals surface area contributed by atoms with Crippen molar-refractivity contribution in [3.63, 3.8) is 0 Å². The molecule has 0 aliphatic rings. The maximum atomic E-state index is 9.02. The molecular weight excluding hydrogens is 248 g/mol. The molecule has 0 radical (unpaired) electrons. The highest BCUT2D eigenvalue weighted by Gasteiger charge is 2.14. The Morgan fingerprint density at radius 2 is 2.06 bits per heavy atom. The lowest BCUT2D eigenvalue weighted by atomic mass is 10.1. The first-order chi connectivity index (χ1) is 8.85. The van der Waals surface area contributed by atoms with Crippen molar-refractivity contribution < 1.29 is 5.11 Å². The van der Waals surface area contributed by atoms with Crippen LogP contribution in [0.5, 0.6) is 0 Å². The van der Waals surface area contributed by atoms with Crippen LogP contribution in [0.2, 0.25) is 0 Å². The number of hydrogen-bond donors (Lipinski definition) is 1. The van der Waals surface area contributed by atoms with E-state index in [0.29, 0.717) is 12.3 Å². The zero-order valence-electron chi connectivity index (χ0n) is 10.2. The summed E-state index contributed by atoms with van der Waals surface area (Å²) >= 11 is 6.07. The summed E-state index contributed by atoms with van der Waals surface area (Å²) in [7, 11) is 0. The van der Waals surface area contributed by atoms with Gasteiger partial charge in [0.1, 0.15) is 5.82 Å². The Bertz CT molecular complexity index is 470. The highest BCUT2D eigenvalue weighted by molar-refractivity contribution is 6.18. The molecular formula is C14H17ClN2O. The van der Waals surface area contributed by atoms with Gasteiger partial charge in [-0.05, 0) is 12.0 Å². The highest BCUT2D eigenvalue weighted by Crippen LogP contribution is 2.18. The van der Waals surface area contributed by atoms with E-state index >= 15 is 0 Å². The van der Waals surface area contributed by atoms with Crippen LogP contribution >= 0.6 is 11.6 Å². The van der Waals surface area contributed by atoms with Crippen molar-refractivity contribution in [2.45, 2.75) is 18.9 Å². The highest BCUT2D eigenvalue weighted by atomic mass is 35.5. The zero-order valence-corrected chi connectivity index (χ0v) is 10.9. The average molecular weight is 265 g/mol. The predicted molar refractivity (Wildman–Crippen MR) is 72.9 cm³/mol. The van der Waals surface area contributed by atoms with Crippen LogP contribution in [0.3, 0.4) is 0 Å². The van der Waals surface area contributed by atoms with E-state index in [1.165, 1.54) is 5.56 Å². The zero-order chi connectivity index (χ0) is 12.8. The number of aliphatic hydroxyl groups is 1. The standard InChI is InChI=1S/C14H17ClN2O/c15-11-13(10-12-4-2-1-3-5-12)17-8-7-16-14(17)6-9-18/h1-5,7-8,13,18H,6,9-11H2/t13-/m0/s1. The lowest BCUT2D eigenvalue weighted by molar-refractivity contribution is 0.293. The minimum Gasteiger partial charge on any atom is -0.396 e. The third-order valence-electron chi connectivity index (χ3n) is 2.97. The fourth-order valence-electron chi connectivity index (χ4n) is 2.08. The molecule has 0 saturated heterocycles. The molecule has 4 heteroatoms. The first kappa shape index (κ1) is 13.1. The van der Waals surface area contributed by atoms with Gasteiger partial charge in [0.05, 0.1) is 12.6 Å². The second-order valence-electron chi connectivity index (χ2n) is 4.22. The van der Waals surface area contributed by atoms with E-state index < -0.39 is 0 Å². The quantitative estimate of drug-likeness (QED) is 0.814. The molecule has 2 aromatic rings. The van der Waals surface area contributed by atoms with Gasteiger partial charge in [-0.2, -0.15) is 0 Å². The molecule has 1 aromatic heterocycles. The van der Waals surface area contributed by atoms with Gasteiger partial charge in [-0.3, -0.25) is 0 Å². The Morgan fingerprint density at radius 1 is 1.28 bits per heavy atom. The van der Waals surface area contributed by atoms with E-state index in [1.807, 2.05) is 24.4 Å². The molecule has 96 valence electrons. The third kappa shape index (κ3) is 3.12. The molecule has 0 aliphatic heterocycles. The second-order valence-corrected chi connectivity index (χ2v) is 4.53. The average Bonchev–Trinajstić information content (AvgIpc) is 2.86. The monoisotopic (exact) mass is 264 g/mol. The lowest BCUT2D eigenvalue weighted by Crippen LogP contribution is -2.16. The van der Waals surface area contributed by atoms with Gasteiger partial charge < -0.3 is 9.67 Å². The lowest BCUT2D eigenvalue weighted by Gasteiger charge is -2.18. The first-order valence-electron chi connectivity index (χ1n) is 6.07. The van der Waals surface area contributed by atoms with Crippen LogP contribution in [0.1, 0.15) is 17.4 Å². The van der Waals surface area contributed by atoms with Crippen LogP contribution < -0.4 is 0 Å². The summed E-state index contributed by atoms with van der Waals surface area (Å²) in [5.74, 6) is 1.42. The van der Waals surface area contributed by atoms with Gasteiger partial charge in [0.25, 0.3) is 0 Å². The van der Waals surface area contributed by atoms with Crippen LogP contribution in [0, 0.1) is 0 Å². The van der Waals surface area contributed by atoms with Crippen LogP contribution in [0.25, 0.3) is 0 Å². The second kappa shape index (κ2) is 6.57. The fraction of sp³-hybridized carbons (Fsp3) is 0.357. The van der Waals surface area contributed by atoms with E-state index in [4.69, 9.17) is 16.7 Å². The van der Waals surface area contributed by atoms with Gasteiger partial charge >= 0.3 is 0 Å². The number of rotatable bonds is 6. The van der Waals surface area contributed by atoms with Crippen LogP contribution in [0.4, 0.5) is 0 Å². The van der Waals surface area contributed by atoms with Gasteiger partial charge in [-0.15, -0.1) is 11.6 Å². The maximum Gasteiger partial charge on any atom is 0.111 e. The topological polar surface area (TPSA) is 38.1 Å². The van der Waals surface area contributed by atoms with E-state index in [0.717, 1.165) is 12.2 Å². The van der Waals surface area contributed by atoms with Crippen molar-refractivity contribution in [1.29, 1.82) is 0 Å². The molecule has 3 nitrogen and oxygen atoms in total. The van der Waals surface area contributed by atoms with Gasteiger partial charge in [0, 0.05) is 24.7 Å². The van der Waals surface area contributed by atoms with Crippen LogP contribution in [0.15, 0.2) is 42.7 Å². The van der Waals surface area contributed by atoms with Crippen molar-refractivity contribution >= 4 is 11.6 Å². The Morgan fingerprint density at radius 3 is 2.72 bits per heavy atom. The van der Waals surface area contributed by atoms with E-state index in [9.17, 15) is 0 Å². The van der Waals surface area contributed by atoms with Crippen molar-refractivity contribution in [1.82, 2.24) is 9.55 Å². The Balaban J connectivity index is 2.15. The summed E-state index contributed by atoms with van der Waals surface area (Å²) in [5.41, 5.74) is 1.26. The molecule has 18 heavy (non-hydrogen) atoms. The number of benzene rings is 1. The van der Waals surface area contributed by atoms with Crippen molar-refractivity contribution in [3.8, 4) is 0 Å². The fourth-order valence-corrected chi connectivity index (χ4v) is 2.34. The summed E-state index contributed by atoms with van der Waals surface area (Å²) in [6, 6.07) is 10.4. The number of aliphatic hydroxyl groups excluding tert-OH is 1. The molecule has 1 N–H and O–H groups in total. The van der Waals surface area contributed by atoms with Crippen LogP contribution in [-0.4, -0.2) is 27.1 Å². The molecule has 1 aromatic carbocycles. The summed E-state index contributed by atoms with van der Waals surface area (Å²) in [5, 5.41) is 9.02. The number of halogens is 1. The summed E-state index contributed by atoms with van der Waals surface area (Å²) < 4.78 is 2.07. The molecule has 0 bridgehead atoms. The third-order valence-corrected chi connectivity index (χ3v) is 3.33. The van der Waals surface area contributed by atoms with E-state index in [1.54, 1.807) is 6.20 Å².